The van der Waals surface area contributed by atoms with Crippen molar-refractivity contribution in [1.82, 2.24) is 9.80 Å². The van der Waals surface area contributed by atoms with Gasteiger partial charge in [0, 0.05) is 30.6 Å². The first-order valence-electron chi connectivity index (χ1n) is 8.66. The number of carboxylic acids is 1. The summed E-state index contributed by atoms with van der Waals surface area (Å²) >= 11 is 1.82. The normalized spacial score (nSPS) is 24.9. The number of halogens is 3. The minimum absolute atomic E-state index is 0.251. The Morgan fingerprint density at radius 2 is 2.04 bits per heavy atom. The number of thiophene rings is 1. The van der Waals surface area contributed by atoms with E-state index in [9.17, 15) is 18.0 Å². The van der Waals surface area contributed by atoms with Gasteiger partial charge in [0.25, 0.3) is 0 Å². The number of nitrogens with zero attached hydrogens (tertiary/aromatic N) is 2. The van der Waals surface area contributed by atoms with Crippen molar-refractivity contribution in [1.29, 1.82) is 0 Å². The molecule has 6 nitrogen and oxygen atoms in total. The average Bonchev–Trinajstić information content (AvgIpc) is 3.22. The van der Waals surface area contributed by atoms with E-state index >= 15 is 0 Å². The molecular formula is C17H24F3N3O3S. The van der Waals surface area contributed by atoms with Crippen molar-refractivity contribution < 1.29 is 27.9 Å². The highest BCUT2D eigenvalue weighted by Gasteiger charge is 2.42. The minimum Gasteiger partial charge on any atom is -0.475 e. The van der Waals surface area contributed by atoms with Crippen molar-refractivity contribution in [2.75, 3.05) is 20.1 Å². The highest BCUT2D eigenvalue weighted by Crippen LogP contribution is 2.38. The summed E-state index contributed by atoms with van der Waals surface area (Å²) in [6.07, 6.45) is -1.32. The van der Waals surface area contributed by atoms with Crippen molar-refractivity contribution in [3.8, 4) is 0 Å². The molecule has 3 rings (SSSR count). The lowest BCUT2D eigenvalue weighted by Gasteiger charge is -2.38. The maximum Gasteiger partial charge on any atom is 0.490 e. The fourth-order valence-corrected chi connectivity index (χ4v) is 4.70. The number of alkyl halides is 3. The van der Waals surface area contributed by atoms with Crippen molar-refractivity contribution in [2.24, 2.45) is 17.6 Å². The van der Waals surface area contributed by atoms with Crippen LogP contribution in [-0.2, 0) is 11.3 Å². The molecule has 0 bridgehead atoms. The third-order valence-electron chi connectivity index (χ3n) is 5.17. The van der Waals surface area contributed by atoms with Crippen LogP contribution in [-0.4, -0.2) is 59.3 Å². The molecule has 10 heteroatoms. The molecule has 152 valence electrons. The van der Waals surface area contributed by atoms with Crippen LogP contribution in [0.15, 0.2) is 17.5 Å². The summed E-state index contributed by atoms with van der Waals surface area (Å²) in [4.78, 5) is 26.0. The van der Waals surface area contributed by atoms with Gasteiger partial charge in [0.05, 0.1) is 0 Å². The lowest BCUT2D eigenvalue weighted by molar-refractivity contribution is -0.192. The Morgan fingerprint density at radius 3 is 2.56 bits per heavy atom. The van der Waals surface area contributed by atoms with Crippen LogP contribution in [0.25, 0.3) is 0 Å². The number of amides is 2. The number of rotatable bonds is 3. The maximum atomic E-state index is 11.4. The molecule has 27 heavy (non-hydrogen) atoms. The number of likely N-dealkylation sites (tertiary alicyclic amines) is 1. The van der Waals surface area contributed by atoms with E-state index in [1.807, 2.05) is 16.2 Å². The van der Waals surface area contributed by atoms with Gasteiger partial charge in [-0.1, -0.05) is 12.5 Å². The Kier molecular flexibility index (Phi) is 7.10. The van der Waals surface area contributed by atoms with Crippen molar-refractivity contribution in [2.45, 2.75) is 38.0 Å². The molecule has 1 aromatic heterocycles. The van der Waals surface area contributed by atoms with Gasteiger partial charge in [0.15, 0.2) is 0 Å². The molecule has 1 aliphatic carbocycles. The molecule has 0 radical (unpaired) electrons. The highest BCUT2D eigenvalue weighted by atomic mass is 32.1. The smallest absolute Gasteiger partial charge is 0.475 e. The summed E-state index contributed by atoms with van der Waals surface area (Å²) in [6.45, 7) is 2.73. The first kappa shape index (κ1) is 21.5. The molecular weight excluding hydrogens is 383 g/mol. The second-order valence-electron chi connectivity index (χ2n) is 6.96. The van der Waals surface area contributed by atoms with E-state index in [1.165, 1.54) is 24.1 Å². The maximum absolute atomic E-state index is 11.4. The number of carbonyl (C=O) groups excluding carboxylic acids is 1. The van der Waals surface area contributed by atoms with E-state index < -0.39 is 12.1 Å². The van der Waals surface area contributed by atoms with E-state index in [0.717, 1.165) is 19.6 Å². The summed E-state index contributed by atoms with van der Waals surface area (Å²) in [7, 11) is 2.22. The molecule has 3 atom stereocenters. The summed E-state index contributed by atoms with van der Waals surface area (Å²) in [5.74, 6) is -1.51. The van der Waals surface area contributed by atoms with E-state index in [2.05, 4.69) is 29.5 Å². The zero-order chi connectivity index (χ0) is 20.2. The van der Waals surface area contributed by atoms with E-state index in [-0.39, 0.29) is 6.03 Å². The van der Waals surface area contributed by atoms with Crippen LogP contribution in [0.3, 0.4) is 0 Å². The zero-order valence-corrected chi connectivity index (χ0v) is 15.8. The van der Waals surface area contributed by atoms with Gasteiger partial charge in [0.1, 0.15) is 0 Å². The molecule has 1 unspecified atom stereocenters. The number of primary amides is 1. The van der Waals surface area contributed by atoms with Crippen LogP contribution in [0, 0.1) is 11.8 Å². The molecule has 2 aliphatic rings. The second kappa shape index (κ2) is 8.92. The van der Waals surface area contributed by atoms with E-state index in [1.54, 1.807) is 0 Å². The van der Waals surface area contributed by atoms with Gasteiger partial charge in [-0.25, -0.2) is 9.59 Å². The third kappa shape index (κ3) is 5.83. The molecule has 2 heterocycles. The molecule has 0 spiro atoms. The lowest BCUT2D eigenvalue weighted by Crippen LogP contribution is -2.43. The standard InChI is InChI=1S/C15H23N3OS.C2HF3O2/c1-17(9-12-5-3-7-20-12)14-6-2-4-11-8-18(15(16)19)10-13(11)14;3-2(4,5)1(6)7/h3,5,7,11,13-14H,2,4,6,8-10H2,1H3,(H2,16,19);(H,6,7)/t11-,13+,14?;/m1./s1. The van der Waals surface area contributed by atoms with Gasteiger partial charge in [-0.2, -0.15) is 13.2 Å². The van der Waals surface area contributed by atoms with Crippen LogP contribution in [0.1, 0.15) is 24.1 Å². The van der Waals surface area contributed by atoms with Crippen LogP contribution in [0.2, 0.25) is 0 Å². The van der Waals surface area contributed by atoms with Crippen LogP contribution < -0.4 is 5.73 Å². The number of urea groups is 1. The predicted octanol–water partition coefficient (Wildman–Crippen LogP) is 2.99. The fraction of sp³-hybridized carbons (Fsp3) is 0.647. The Labute approximate surface area is 159 Å². The monoisotopic (exact) mass is 407 g/mol. The summed E-state index contributed by atoms with van der Waals surface area (Å²) in [5, 5.41) is 9.26. The van der Waals surface area contributed by atoms with Gasteiger partial charge in [-0.05, 0) is 43.2 Å². The first-order chi connectivity index (χ1) is 12.6. The molecule has 1 saturated carbocycles. The Hall–Kier alpha value is -1.81. The predicted molar refractivity (Wildman–Crippen MR) is 95.3 cm³/mol. The zero-order valence-electron chi connectivity index (χ0n) is 15.0. The Bertz CT molecular complexity index is 639. The number of aliphatic carboxylic acids is 1. The molecule has 3 N–H and O–H groups in total. The summed E-state index contributed by atoms with van der Waals surface area (Å²) in [5.41, 5.74) is 5.46. The van der Waals surface area contributed by atoms with Gasteiger partial charge < -0.3 is 15.7 Å². The van der Waals surface area contributed by atoms with Gasteiger partial charge in [0.2, 0.25) is 0 Å². The van der Waals surface area contributed by atoms with Gasteiger partial charge >= 0.3 is 18.2 Å². The molecule has 0 aromatic carbocycles. The van der Waals surface area contributed by atoms with Crippen molar-refractivity contribution >= 4 is 23.3 Å². The Morgan fingerprint density at radius 1 is 1.37 bits per heavy atom. The molecule has 1 saturated heterocycles. The van der Waals surface area contributed by atoms with Crippen LogP contribution in [0.4, 0.5) is 18.0 Å². The molecule has 1 aliphatic heterocycles. The molecule has 1 aromatic rings. The topological polar surface area (TPSA) is 86.9 Å². The third-order valence-corrected chi connectivity index (χ3v) is 6.03. The Balaban J connectivity index is 0.000000321. The first-order valence-corrected chi connectivity index (χ1v) is 9.54. The minimum atomic E-state index is -5.08. The SMILES string of the molecule is CN(Cc1cccs1)C1CCC[C@@H]2CN(C(N)=O)C[C@H]12.O=C(O)C(F)(F)F. The second-order valence-corrected chi connectivity index (χ2v) is 8.00. The van der Waals surface area contributed by atoms with Crippen LogP contribution in [0.5, 0.6) is 0 Å². The quantitative estimate of drug-likeness (QED) is 0.807. The lowest BCUT2D eigenvalue weighted by atomic mass is 9.77. The van der Waals surface area contributed by atoms with E-state index in [4.69, 9.17) is 15.6 Å². The number of hydrogen-bond donors (Lipinski definition) is 2. The van der Waals surface area contributed by atoms with Gasteiger partial charge in [-0.15, -0.1) is 11.3 Å². The average molecular weight is 407 g/mol. The van der Waals surface area contributed by atoms with Crippen molar-refractivity contribution in [3.63, 3.8) is 0 Å². The van der Waals surface area contributed by atoms with Gasteiger partial charge in [-0.3, -0.25) is 4.90 Å². The molecule has 2 amide bonds. The summed E-state index contributed by atoms with van der Waals surface area (Å²) < 4.78 is 31.7. The summed E-state index contributed by atoms with van der Waals surface area (Å²) in [6, 6.07) is 4.65. The largest absolute Gasteiger partial charge is 0.490 e. The van der Waals surface area contributed by atoms with E-state index in [0.29, 0.717) is 17.9 Å². The fourth-order valence-electron chi connectivity index (χ4n) is 3.93. The molecule has 2 fully saturated rings. The number of nitrogens with two attached hydrogens (primary N) is 1. The number of hydrogen-bond acceptors (Lipinski definition) is 4. The number of fused-ring (bicyclic) bond motifs is 1. The van der Waals surface area contributed by atoms with Crippen molar-refractivity contribution in [3.05, 3.63) is 22.4 Å². The number of carbonyl (C=O) groups is 2. The van der Waals surface area contributed by atoms with Crippen LogP contribution >= 0.6 is 11.3 Å². The number of carboxylic acid groups (broad SMARTS) is 1. The highest BCUT2D eigenvalue weighted by molar-refractivity contribution is 7.09.